The summed E-state index contributed by atoms with van der Waals surface area (Å²) in [6.07, 6.45) is 1.95. The number of likely N-dealkylation sites (tertiary alicyclic amines) is 1. The molecule has 0 aliphatic carbocycles. The van der Waals surface area contributed by atoms with E-state index in [4.69, 9.17) is 4.98 Å². The Balaban J connectivity index is 1.52. The molecule has 1 atom stereocenters. The standard InChI is InChI=1S/C21H22N4O3S/c1-13-9-10-16(25(27)28)20(14(13)2)23-19(26)12-24-11-5-7-17(24)21-22-15-6-3-4-8-18(15)29-21/h3-4,6,8-10,17H,5,7,11-12H2,1-2H3,(H,23,26)/t17-/m0/s1. The molecule has 4 rings (SSSR count). The van der Waals surface area contributed by atoms with Gasteiger partial charge in [-0.15, -0.1) is 11.3 Å². The predicted octanol–water partition coefficient (Wildman–Crippen LogP) is 4.60. The van der Waals surface area contributed by atoms with Crippen LogP contribution in [-0.2, 0) is 4.79 Å². The number of aromatic nitrogens is 1. The number of thiazole rings is 1. The van der Waals surface area contributed by atoms with Crippen LogP contribution in [0.15, 0.2) is 36.4 Å². The SMILES string of the molecule is Cc1ccc([N+](=O)[O-])c(NC(=O)CN2CCC[C@H]2c2nc3ccccc3s2)c1C. The summed E-state index contributed by atoms with van der Waals surface area (Å²) in [7, 11) is 0. The van der Waals surface area contributed by atoms with Gasteiger partial charge in [-0.05, 0) is 56.5 Å². The van der Waals surface area contributed by atoms with E-state index in [1.165, 1.54) is 6.07 Å². The number of aryl methyl sites for hydroxylation is 1. The highest BCUT2D eigenvalue weighted by atomic mass is 32.1. The number of rotatable bonds is 5. The average molecular weight is 410 g/mol. The fourth-order valence-electron chi connectivity index (χ4n) is 3.80. The maximum absolute atomic E-state index is 12.8. The molecule has 1 N–H and O–H groups in total. The van der Waals surface area contributed by atoms with E-state index < -0.39 is 4.92 Å². The van der Waals surface area contributed by atoms with E-state index in [0.29, 0.717) is 0 Å². The molecule has 150 valence electrons. The Hall–Kier alpha value is -2.84. The monoisotopic (exact) mass is 410 g/mol. The minimum atomic E-state index is -0.457. The number of hydrogen-bond donors (Lipinski definition) is 1. The van der Waals surface area contributed by atoms with Gasteiger partial charge in [0.2, 0.25) is 5.91 Å². The zero-order chi connectivity index (χ0) is 20.5. The molecule has 3 aromatic rings. The number of anilines is 1. The van der Waals surface area contributed by atoms with Gasteiger partial charge < -0.3 is 5.32 Å². The summed E-state index contributed by atoms with van der Waals surface area (Å²) in [4.78, 5) is 30.5. The molecule has 8 heteroatoms. The van der Waals surface area contributed by atoms with Crippen LogP contribution in [0, 0.1) is 24.0 Å². The molecule has 1 aliphatic heterocycles. The number of nitrogens with one attached hydrogen (secondary N) is 1. The minimum Gasteiger partial charge on any atom is -0.319 e. The van der Waals surface area contributed by atoms with Crippen molar-refractivity contribution in [1.29, 1.82) is 0 Å². The van der Waals surface area contributed by atoms with Gasteiger partial charge in [-0.25, -0.2) is 4.98 Å². The Morgan fingerprint density at radius 3 is 2.86 bits per heavy atom. The van der Waals surface area contributed by atoms with E-state index in [-0.39, 0.29) is 29.9 Å². The molecule has 1 saturated heterocycles. The maximum Gasteiger partial charge on any atom is 0.293 e. The number of nitro benzene ring substituents is 1. The predicted molar refractivity (Wildman–Crippen MR) is 114 cm³/mol. The third kappa shape index (κ3) is 3.86. The van der Waals surface area contributed by atoms with Gasteiger partial charge in [-0.2, -0.15) is 0 Å². The van der Waals surface area contributed by atoms with Crippen LogP contribution in [-0.4, -0.2) is 33.8 Å². The van der Waals surface area contributed by atoms with Crippen molar-refractivity contribution >= 4 is 38.8 Å². The highest BCUT2D eigenvalue weighted by Crippen LogP contribution is 2.36. The largest absolute Gasteiger partial charge is 0.319 e. The summed E-state index contributed by atoms with van der Waals surface area (Å²) < 4.78 is 1.14. The van der Waals surface area contributed by atoms with Gasteiger partial charge in [0.25, 0.3) is 5.69 Å². The van der Waals surface area contributed by atoms with Crippen molar-refractivity contribution in [2.24, 2.45) is 0 Å². The van der Waals surface area contributed by atoms with E-state index in [1.54, 1.807) is 24.3 Å². The second-order valence-corrected chi connectivity index (χ2v) is 8.42. The Morgan fingerprint density at radius 1 is 1.31 bits per heavy atom. The topological polar surface area (TPSA) is 88.4 Å². The summed E-state index contributed by atoms with van der Waals surface area (Å²) in [6.45, 7) is 4.66. The second kappa shape index (κ2) is 7.88. The van der Waals surface area contributed by atoms with E-state index in [0.717, 1.165) is 45.7 Å². The van der Waals surface area contributed by atoms with Crippen molar-refractivity contribution in [3.8, 4) is 0 Å². The maximum atomic E-state index is 12.8. The fourth-order valence-corrected chi connectivity index (χ4v) is 4.94. The molecule has 7 nitrogen and oxygen atoms in total. The van der Waals surface area contributed by atoms with Crippen molar-refractivity contribution < 1.29 is 9.72 Å². The van der Waals surface area contributed by atoms with Gasteiger partial charge in [0, 0.05) is 6.07 Å². The molecule has 2 heterocycles. The zero-order valence-corrected chi connectivity index (χ0v) is 17.2. The van der Waals surface area contributed by atoms with Crippen LogP contribution in [0.2, 0.25) is 0 Å². The molecule has 0 bridgehead atoms. The summed E-state index contributed by atoms with van der Waals surface area (Å²) in [5, 5.41) is 15.2. The molecule has 0 saturated carbocycles. The van der Waals surface area contributed by atoms with Crippen molar-refractivity contribution in [2.75, 3.05) is 18.4 Å². The lowest BCUT2D eigenvalue weighted by Crippen LogP contribution is -2.33. The molecule has 0 spiro atoms. The van der Waals surface area contributed by atoms with Crippen molar-refractivity contribution in [2.45, 2.75) is 32.7 Å². The summed E-state index contributed by atoms with van der Waals surface area (Å²) in [6, 6.07) is 11.3. The van der Waals surface area contributed by atoms with Gasteiger partial charge in [-0.3, -0.25) is 19.8 Å². The van der Waals surface area contributed by atoms with Crippen LogP contribution in [0.5, 0.6) is 0 Å². The Labute approximate surface area is 172 Å². The van der Waals surface area contributed by atoms with Gasteiger partial charge in [0.1, 0.15) is 10.7 Å². The number of fused-ring (bicyclic) bond motifs is 1. The van der Waals surface area contributed by atoms with Crippen LogP contribution < -0.4 is 5.32 Å². The smallest absolute Gasteiger partial charge is 0.293 e. The van der Waals surface area contributed by atoms with Gasteiger partial charge in [-0.1, -0.05) is 18.2 Å². The first-order valence-corrected chi connectivity index (χ1v) is 10.4. The molecular weight excluding hydrogens is 388 g/mol. The molecule has 2 aromatic carbocycles. The lowest BCUT2D eigenvalue weighted by atomic mass is 10.1. The number of hydrogen-bond acceptors (Lipinski definition) is 6. The summed E-state index contributed by atoms with van der Waals surface area (Å²) in [5.74, 6) is -0.241. The summed E-state index contributed by atoms with van der Waals surface area (Å²) >= 11 is 1.67. The lowest BCUT2D eigenvalue weighted by molar-refractivity contribution is -0.384. The zero-order valence-electron chi connectivity index (χ0n) is 16.3. The van der Waals surface area contributed by atoms with E-state index >= 15 is 0 Å². The van der Waals surface area contributed by atoms with Crippen molar-refractivity contribution in [3.63, 3.8) is 0 Å². The normalized spacial score (nSPS) is 17.0. The first-order valence-electron chi connectivity index (χ1n) is 9.58. The van der Waals surface area contributed by atoms with Gasteiger partial charge in [0.15, 0.2) is 0 Å². The van der Waals surface area contributed by atoms with E-state index in [9.17, 15) is 14.9 Å². The Bertz CT molecular complexity index is 1060. The number of carbonyl (C=O) groups excluding carboxylic acids is 1. The summed E-state index contributed by atoms with van der Waals surface area (Å²) in [5.41, 5.74) is 2.81. The minimum absolute atomic E-state index is 0.0782. The molecule has 0 unspecified atom stereocenters. The van der Waals surface area contributed by atoms with Crippen molar-refractivity contribution in [3.05, 3.63) is 62.6 Å². The molecule has 1 aliphatic rings. The Morgan fingerprint density at radius 2 is 2.10 bits per heavy atom. The number of carbonyl (C=O) groups is 1. The number of nitrogens with zero attached hydrogens (tertiary/aromatic N) is 3. The molecule has 1 fully saturated rings. The van der Waals surface area contributed by atoms with Crippen LogP contribution in [0.4, 0.5) is 11.4 Å². The number of benzene rings is 2. The van der Waals surface area contributed by atoms with Gasteiger partial charge >= 0.3 is 0 Å². The quantitative estimate of drug-likeness (QED) is 0.491. The molecule has 1 aromatic heterocycles. The fraction of sp³-hybridized carbons (Fsp3) is 0.333. The number of para-hydroxylation sites is 1. The van der Waals surface area contributed by atoms with Crippen LogP contribution in [0.25, 0.3) is 10.2 Å². The van der Waals surface area contributed by atoms with Crippen LogP contribution in [0.3, 0.4) is 0 Å². The van der Waals surface area contributed by atoms with Gasteiger partial charge in [0.05, 0.1) is 27.7 Å². The third-order valence-corrected chi connectivity index (χ3v) is 6.62. The molecule has 0 radical (unpaired) electrons. The van der Waals surface area contributed by atoms with E-state index in [2.05, 4.69) is 16.3 Å². The highest BCUT2D eigenvalue weighted by molar-refractivity contribution is 7.18. The van der Waals surface area contributed by atoms with Crippen LogP contribution in [0.1, 0.15) is 35.0 Å². The lowest BCUT2D eigenvalue weighted by Gasteiger charge is -2.22. The number of nitro groups is 1. The van der Waals surface area contributed by atoms with Crippen molar-refractivity contribution in [1.82, 2.24) is 9.88 Å². The molecule has 1 amide bonds. The Kier molecular flexibility index (Phi) is 5.29. The average Bonchev–Trinajstić information content (AvgIpc) is 3.31. The number of amides is 1. The molecular formula is C21H22N4O3S. The first kappa shape index (κ1) is 19.5. The van der Waals surface area contributed by atoms with E-state index in [1.807, 2.05) is 25.1 Å². The third-order valence-electron chi connectivity index (χ3n) is 5.48. The highest BCUT2D eigenvalue weighted by Gasteiger charge is 2.30. The molecule has 29 heavy (non-hydrogen) atoms. The van der Waals surface area contributed by atoms with Crippen LogP contribution >= 0.6 is 11.3 Å². The first-order chi connectivity index (χ1) is 13.9. The second-order valence-electron chi connectivity index (χ2n) is 7.36.